The van der Waals surface area contributed by atoms with Crippen LogP contribution in [-0.2, 0) is 16.1 Å². The Balaban J connectivity index is 0.00000208. The third-order valence-corrected chi connectivity index (χ3v) is 4.81. The van der Waals surface area contributed by atoms with Gasteiger partial charge in [-0.2, -0.15) is 0 Å². The molecule has 3 rings (SSSR count). The average Bonchev–Trinajstić information content (AvgIpc) is 2.90. The summed E-state index contributed by atoms with van der Waals surface area (Å²) in [6, 6.07) is 7.94. The smallest absolute Gasteiger partial charge is 0.229 e. The zero-order valence-corrected chi connectivity index (χ0v) is 15.0. The number of piperidine rings is 1. The minimum Gasteiger partial charge on any atom is -0.459 e. The standard InChI is InChI=1S/C18H24N2O3.ClH/c1-13-14-5-3-4-6-15(14)23-16(13)11-20-17(21)18(12-22-2)7-9-19-10-8-18;/h3-6,19H,7-12H2,1-2H3,(H,20,21);1H. The second-order valence-corrected chi connectivity index (χ2v) is 6.29. The summed E-state index contributed by atoms with van der Waals surface area (Å²) in [7, 11) is 1.65. The molecule has 2 aromatic rings. The normalized spacial score (nSPS) is 16.6. The fraction of sp³-hybridized carbons (Fsp3) is 0.500. The van der Waals surface area contributed by atoms with E-state index >= 15 is 0 Å². The summed E-state index contributed by atoms with van der Waals surface area (Å²) in [6.07, 6.45) is 1.59. The number of furan rings is 1. The van der Waals surface area contributed by atoms with Crippen LogP contribution < -0.4 is 10.6 Å². The van der Waals surface area contributed by atoms with Gasteiger partial charge in [-0.3, -0.25) is 4.79 Å². The fourth-order valence-corrected chi connectivity index (χ4v) is 3.36. The molecule has 1 aromatic heterocycles. The highest BCUT2D eigenvalue weighted by molar-refractivity contribution is 5.85. The first-order valence-corrected chi connectivity index (χ1v) is 8.11. The lowest BCUT2D eigenvalue weighted by Gasteiger charge is -2.35. The number of amides is 1. The van der Waals surface area contributed by atoms with Crippen molar-refractivity contribution in [2.75, 3.05) is 26.8 Å². The summed E-state index contributed by atoms with van der Waals surface area (Å²) in [4.78, 5) is 12.7. The van der Waals surface area contributed by atoms with Gasteiger partial charge in [0.2, 0.25) is 5.91 Å². The van der Waals surface area contributed by atoms with Crippen LogP contribution >= 0.6 is 12.4 Å². The highest BCUT2D eigenvalue weighted by atomic mass is 35.5. The van der Waals surface area contributed by atoms with E-state index in [4.69, 9.17) is 9.15 Å². The monoisotopic (exact) mass is 352 g/mol. The van der Waals surface area contributed by atoms with E-state index in [1.54, 1.807) is 7.11 Å². The van der Waals surface area contributed by atoms with E-state index in [-0.39, 0.29) is 18.3 Å². The maximum absolute atomic E-state index is 12.7. The van der Waals surface area contributed by atoms with Gasteiger partial charge in [0.1, 0.15) is 11.3 Å². The molecule has 2 heterocycles. The van der Waals surface area contributed by atoms with Gasteiger partial charge in [0, 0.05) is 18.1 Å². The van der Waals surface area contributed by atoms with E-state index in [2.05, 4.69) is 10.6 Å². The SMILES string of the molecule is COCC1(C(=O)NCc2oc3ccccc3c2C)CCNCC1.Cl. The Morgan fingerprint density at radius 2 is 2.04 bits per heavy atom. The zero-order chi connectivity index (χ0) is 16.3. The van der Waals surface area contributed by atoms with Gasteiger partial charge in [-0.05, 0) is 38.9 Å². The number of benzene rings is 1. The number of hydrogen-bond donors (Lipinski definition) is 2. The molecule has 1 aromatic carbocycles. The number of ether oxygens (including phenoxy) is 1. The Labute approximate surface area is 148 Å². The molecule has 0 radical (unpaired) electrons. The van der Waals surface area contributed by atoms with Crippen molar-refractivity contribution in [1.82, 2.24) is 10.6 Å². The number of aryl methyl sites for hydroxylation is 1. The second kappa shape index (κ2) is 8.01. The summed E-state index contributed by atoms with van der Waals surface area (Å²) < 4.78 is 11.2. The molecule has 0 aliphatic carbocycles. The number of carbonyl (C=O) groups excluding carboxylic acids is 1. The number of carbonyl (C=O) groups is 1. The predicted octanol–water partition coefficient (Wildman–Crippen LogP) is 2.80. The first-order valence-electron chi connectivity index (χ1n) is 8.11. The largest absolute Gasteiger partial charge is 0.459 e. The number of rotatable bonds is 5. The highest BCUT2D eigenvalue weighted by Gasteiger charge is 2.39. The first kappa shape index (κ1) is 18.8. The minimum atomic E-state index is -0.431. The van der Waals surface area contributed by atoms with Crippen LogP contribution in [0.25, 0.3) is 11.0 Å². The first-order chi connectivity index (χ1) is 11.2. The molecule has 0 bridgehead atoms. The van der Waals surface area contributed by atoms with Crippen LogP contribution in [0.4, 0.5) is 0 Å². The van der Waals surface area contributed by atoms with Crippen molar-refractivity contribution in [3.63, 3.8) is 0 Å². The van der Waals surface area contributed by atoms with Crippen molar-refractivity contribution < 1.29 is 13.9 Å². The van der Waals surface area contributed by atoms with Crippen molar-refractivity contribution in [2.45, 2.75) is 26.3 Å². The van der Waals surface area contributed by atoms with Crippen molar-refractivity contribution in [3.8, 4) is 0 Å². The molecule has 0 atom stereocenters. The molecule has 0 saturated carbocycles. The molecule has 2 N–H and O–H groups in total. The topological polar surface area (TPSA) is 63.5 Å². The Kier molecular flexibility index (Phi) is 6.27. The summed E-state index contributed by atoms with van der Waals surface area (Å²) in [5.41, 5.74) is 1.52. The fourth-order valence-electron chi connectivity index (χ4n) is 3.36. The maximum Gasteiger partial charge on any atom is 0.229 e. The van der Waals surface area contributed by atoms with Crippen LogP contribution in [0.1, 0.15) is 24.2 Å². The number of fused-ring (bicyclic) bond motifs is 1. The molecular formula is C18H25ClN2O3. The number of methoxy groups -OCH3 is 1. The Hall–Kier alpha value is -1.56. The lowest BCUT2D eigenvalue weighted by atomic mass is 9.78. The maximum atomic E-state index is 12.7. The molecule has 6 heteroatoms. The molecule has 24 heavy (non-hydrogen) atoms. The van der Waals surface area contributed by atoms with Crippen LogP contribution in [0.2, 0.25) is 0 Å². The van der Waals surface area contributed by atoms with Gasteiger partial charge in [0.15, 0.2) is 0 Å². The van der Waals surface area contributed by atoms with Crippen LogP contribution in [-0.4, -0.2) is 32.7 Å². The van der Waals surface area contributed by atoms with E-state index in [1.807, 2.05) is 31.2 Å². The number of halogens is 1. The minimum absolute atomic E-state index is 0. The van der Waals surface area contributed by atoms with E-state index < -0.39 is 5.41 Å². The second-order valence-electron chi connectivity index (χ2n) is 6.29. The van der Waals surface area contributed by atoms with Gasteiger partial charge in [-0.1, -0.05) is 18.2 Å². The van der Waals surface area contributed by atoms with Gasteiger partial charge >= 0.3 is 0 Å². The van der Waals surface area contributed by atoms with Crippen LogP contribution in [0.15, 0.2) is 28.7 Å². The van der Waals surface area contributed by atoms with Crippen molar-refractivity contribution in [1.29, 1.82) is 0 Å². The molecule has 1 amide bonds. The van der Waals surface area contributed by atoms with Crippen molar-refractivity contribution in [2.24, 2.45) is 5.41 Å². The molecule has 1 aliphatic heterocycles. The lowest BCUT2D eigenvalue weighted by molar-refractivity contribution is -0.136. The molecular weight excluding hydrogens is 328 g/mol. The molecule has 1 saturated heterocycles. The van der Waals surface area contributed by atoms with Crippen molar-refractivity contribution in [3.05, 3.63) is 35.6 Å². The summed E-state index contributed by atoms with van der Waals surface area (Å²) in [5, 5.41) is 7.46. The van der Waals surface area contributed by atoms with E-state index in [0.717, 1.165) is 48.2 Å². The summed E-state index contributed by atoms with van der Waals surface area (Å²) in [5.74, 6) is 0.877. The quantitative estimate of drug-likeness (QED) is 0.868. The molecule has 132 valence electrons. The van der Waals surface area contributed by atoms with E-state index in [9.17, 15) is 4.79 Å². The van der Waals surface area contributed by atoms with Gasteiger partial charge in [-0.25, -0.2) is 0 Å². The van der Waals surface area contributed by atoms with E-state index in [1.165, 1.54) is 0 Å². The zero-order valence-electron chi connectivity index (χ0n) is 14.2. The Morgan fingerprint density at radius 1 is 1.33 bits per heavy atom. The van der Waals surface area contributed by atoms with Gasteiger partial charge < -0.3 is 19.8 Å². The number of para-hydroxylation sites is 1. The molecule has 1 aliphatic rings. The van der Waals surface area contributed by atoms with Crippen LogP contribution in [0.5, 0.6) is 0 Å². The summed E-state index contributed by atoms with van der Waals surface area (Å²) >= 11 is 0. The summed E-state index contributed by atoms with van der Waals surface area (Å²) in [6.45, 7) is 4.60. The highest BCUT2D eigenvalue weighted by Crippen LogP contribution is 2.30. The number of nitrogens with one attached hydrogen (secondary N) is 2. The van der Waals surface area contributed by atoms with Gasteiger partial charge in [0.25, 0.3) is 0 Å². The number of hydrogen-bond acceptors (Lipinski definition) is 4. The van der Waals surface area contributed by atoms with E-state index in [0.29, 0.717) is 13.2 Å². The average molecular weight is 353 g/mol. The van der Waals surface area contributed by atoms with Crippen LogP contribution in [0, 0.1) is 12.3 Å². The third-order valence-electron chi connectivity index (χ3n) is 4.81. The van der Waals surface area contributed by atoms with Gasteiger partial charge in [0.05, 0.1) is 18.6 Å². The van der Waals surface area contributed by atoms with Crippen LogP contribution in [0.3, 0.4) is 0 Å². The van der Waals surface area contributed by atoms with Crippen molar-refractivity contribution >= 4 is 29.3 Å². The predicted molar refractivity (Wildman–Crippen MR) is 96.5 cm³/mol. The Morgan fingerprint density at radius 3 is 2.71 bits per heavy atom. The molecule has 0 spiro atoms. The third kappa shape index (κ3) is 3.58. The molecule has 0 unspecified atom stereocenters. The Bertz CT molecular complexity index is 687. The molecule has 5 nitrogen and oxygen atoms in total. The van der Waals surface area contributed by atoms with Gasteiger partial charge in [-0.15, -0.1) is 12.4 Å². The molecule has 1 fully saturated rings. The lowest BCUT2D eigenvalue weighted by Crippen LogP contribution is -2.49.